The highest BCUT2D eigenvalue weighted by Crippen LogP contribution is 2.69. The Morgan fingerprint density at radius 2 is 0.711 bits per heavy atom. The van der Waals surface area contributed by atoms with Gasteiger partial charge < -0.3 is 4.90 Å². The molecule has 6 heterocycles. The molecule has 0 N–H and O–H groups in total. The number of hydrogen-bond acceptors (Lipinski definition) is 5. The molecule has 5 nitrogen and oxygen atoms in total. The predicted octanol–water partition coefficient (Wildman–Crippen LogP) is 8.09. The summed E-state index contributed by atoms with van der Waals surface area (Å²) in [5, 5.41) is 0. The Labute approximate surface area is 259 Å². The zero-order valence-electron chi connectivity index (χ0n) is 24.0. The van der Waals surface area contributed by atoms with Gasteiger partial charge in [-0.05, 0) is 80.9 Å². The summed E-state index contributed by atoms with van der Waals surface area (Å²) in [6.45, 7) is 0. The lowest BCUT2D eigenvalue weighted by molar-refractivity contribution is 0.706. The summed E-state index contributed by atoms with van der Waals surface area (Å²) in [5.74, 6) is 0. The molecule has 11 rings (SSSR count). The van der Waals surface area contributed by atoms with Gasteiger partial charge in [-0.2, -0.15) is 0 Å². The van der Waals surface area contributed by atoms with Crippen molar-refractivity contribution in [2.24, 2.45) is 0 Å². The number of nitrogens with zero attached hydrogens (tertiary/aromatic N) is 5. The third-order valence-electron chi connectivity index (χ3n) is 10.6. The minimum absolute atomic E-state index is 0.538. The Kier molecular flexibility index (Phi) is 4.16. The molecule has 0 saturated heterocycles. The lowest BCUT2D eigenvalue weighted by atomic mass is 9.59. The molecule has 4 aliphatic rings. The van der Waals surface area contributed by atoms with E-state index in [0.29, 0.717) is 0 Å². The maximum atomic E-state index is 4.59. The molecule has 0 saturated carbocycles. The standard InChI is InChI=1S/C40H23N5/c1-3-10-36-32(6-1)39(28-12-16-41-20-24(28)25-21-42-17-13-29(25)39)34-8-5-9-35-38(34)45(36)37-11-4-2-7-33(37)40(35)30-14-18-43-22-26(30)27-23-44-19-15-31(27)40/h1-23H. The number of pyridine rings is 4. The Balaban J connectivity index is 1.38. The van der Waals surface area contributed by atoms with Crippen molar-refractivity contribution in [1.82, 2.24) is 19.9 Å². The highest BCUT2D eigenvalue weighted by atomic mass is 15.2. The van der Waals surface area contributed by atoms with Crippen molar-refractivity contribution in [3.05, 3.63) is 185 Å². The predicted molar refractivity (Wildman–Crippen MR) is 174 cm³/mol. The van der Waals surface area contributed by atoms with Crippen LogP contribution in [0.1, 0.15) is 44.5 Å². The van der Waals surface area contributed by atoms with Crippen LogP contribution in [0.15, 0.2) is 141 Å². The Hall–Kier alpha value is -5.94. The van der Waals surface area contributed by atoms with Gasteiger partial charge in [0, 0.05) is 71.8 Å². The topological polar surface area (TPSA) is 54.8 Å². The van der Waals surface area contributed by atoms with Crippen LogP contribution in [0.5, 0.6) is 0 Å². The summed E-state index contributed by atoms with van der Waals surface area (Å²) in [4.78, 5) is 20.9. The molecule has 7 aromatic rings. The molecule has 0 atom stereocenters. The third-order valence-corrected chi connectivity index (χ3v) is 10.6. The highest BCUT2D eigenvalue weighted by Gasteiger charge is 2.58. The number of rotatable bonds is 0. The Morgan fingerprint density at radius 3 is 1.11 bits per heavy atom. The Bertz CT molecular complexity index is 2170. The van der Waals surface area contributed by atoms with Crippen molar-refractivity contribution in [3.63, 3.8) is 0 Å². The minimum atomic E-state index is -0.538. The molecule has 2 aliphatic carbocycles. The number of benzene rings is 3. The second-order valence-electron chi connectivity index (χ2n) is 12.3. The maximum Gasteiger partial charge on any atom is 0.0756 e. The summed E-state index contributed by atoms with van der Waals surface area (Å²) < 4.78 is 0. The van der Waals surface area contributed by atoms with Crippen molar-refractivity contribution in [2.45, 2.75) is 10.8 Å². The fourth-order valence-electron chi connectivity index (χ4n) is 9.22. The molecule has 0 unspecified atom stereocenters. The van der Waals surface area contributed by atoms with Gasteiger partial charge in [-0.3, -0.25) is 19.9 Å². The van der Waals surface area contributed by atoms with Gasteiger partial charge in [-0.1, -0.05) is 54.6 Å². The summed E-state index contributed by atoms with van der Waals surface area (Å²) in [5.41, 5.74) is 17.1. The normalized spacial score (nSPS) is 15.9. The third kappa shape index (κ3) is 2.45. The van der Waals surface area contributed by atoms with Crippen molar-refractivity contribution < 1.29 is 0 Å². The molecule has 3 aromatic carbocycles. The van der Waals surface area contributed by atoms with Gasteiger partial charge in [0.15, 0.2) is 0 Å². The van der Waals surface area contributed by atoms with E-state index in [4.69, 9.17) is 0 Å². The first-order valence-corrected chi connectivity index (χ1v) is 15.3. The van der Waals surface area contributed by atoms with E-state index in [2.05, 4.69) is 116 Å². The van der Waals surface area contributed by atoms with Crippen LogP contribution >= 0.6 is 0 Å². The fraction of sp³-hybridized carbons (Fsp3) is 0.0500. The van der Waals surface area contributed by atoms with E-state index >= 15 is 0 Å². The SMILES string of the molecule is c1ccc2c(c1)N1c3ccccc3C3(c4ccncc4-c4cnccc43)c3cccc(c31)C21c2ccncc2-c2cnccc21. The summed E-state index contributed by atoms with van der Waals surface area (Å²) in [6.07, 6.45) is 15.8. The van der Waals surface area contributed by atoms with Crippen molar-refractivity contribution >= 4 is 17.1 Å². The number of para-hydroxylation sites is 3. The monoisotopic (exact) mass is 573 g/mol. The van der Waals surface area contributed by atoms with Gasteiger partial charge >= 0.3 is 0 Å². The van der Waals surface area contributed by atoms with Crippen LogP contribution in [-0.4, -0.2) is 19.9 Å². The smallest absolute Gasteiger partial charge is 0.0756 e. The first-order chi connectivity index (χ1) is 22.4. The number of hydrogen-bond donors (Lipinski definition) is 0. The van der Waals surface area contributed by atoms with Gasteiger partial charge in [-0.25, -0.2) is 0 Å². The van der Waals surface area contributed by atoms with Gasteiger partial charge in [0.2, 0.25) is 0 Å². The van der Waals surface area contributed by atoms with Crippen LogP contribution in [0.3, 0.4) is 0 Å². The summed E-state index contributed by atoms with van der Waals surface area (Å²) >= 11 is 0. The second kappa shape index (κ2) is 7.96. The molecular weight excluding hydrogens is 550 g/mol. The van der Waals surface area contributed by atoms with Crippen molar-refractivity contribution in [3.8, 4) is 22.3 Å². The molecule has 5 heteroatoms. The van der Waals surface area contributed by atoms with Crippen LogP contribution in [0, 0.1) is 0 Å². The van der Waals surface area contributed by atoms with Crippen LogP contribution in [0.2, 0.25) is 0 Å². The fourth-order valence-corrected chi connectivity index (χ4v) is 9.22. The molecule has 2 spiro atoms. The number of fused-ring (bicyclic) bond motifs is 18. The average Bonchev–Trinajstić information content (AvgIpc) is 3.57. The van der Waals surface area contributed by atoms with Crippen LogP contribution < -0.4 is 4.90 Å². The quantitative estimate of drug-likeness (QED) is 0.184. The maximum absolute atomic E-state index is 4.59. The largest absolute Gasteiger partial charge is 0.309 e. The molecule has 0 fully saturated rings. The van der Waals surface area contributed by atoms with E-state index in [1.165, 1.54) is 61.6 Å². The highest BCUT2D eigenvalue weighted by molar-refractivity contribution is 6.02. The number of anilines is 3. The molecule has 0 bridgehead atoms. The summed E-state index contributed by atoms with van der Waals surface area (Å²) in [7, 11) is 0. The van der Waals surface area contributed by atoms with Crippen molar-refractivity contribution in [1.29, 1.82) is 0 Å². The van der Waals surface area contributed by atoms with Gasteiger partial charge in [0.05, 0.1) is 27.9 Å². The van der Waals surface area contributed by atoms with E-state index in [0.717, 1.165) is 22.3 Å². The number of aromatic nitrogens is 4. The lowest BCUT2D eigenvalue weighted by Crippen LogP contribution is -2.42. The molecular formula is C40H23N5. The zero-order chi connectivity index (χ0) is 29.3. The molecule has 45 heavy (non-hydrogen) atoms. The Morgan fingerprint density at radius 1 is 0.356 bits per heavy atom. The van der Waals surface area contributed by atoms with E-state index in [1.807, 2.05) is 49.6 Å². The van der Waals surface area contributed by atoms with Gasteiger partial charge in [0.1, 0.15) is 0 Å². The van der Waals surface area contributed by atoms with Gasteiger partial charge in [-0.15, -0.1) is 0 Å². The molecule has 208 valence electrons. The molecule has 2 aliphatic heterocycles. The van der Waals surface area contributed by atoms with Crippen LogP contribution in [0.25, 0.3) is 22.3 Å². The molecule has 4 aromatic heterocycles. The molecule has 0 amide bonds. The average molecular weight is 574 g/mol. The lowest BCUT2D eigenvalue weighted by Gasteiger charge is -2.51. The van der Waals surface area contributed by atoms with Crippen molar-refractivity contribution in [2.75, 3.05) is 4.90 Å². The molecule has 0 radical (unpaired) electrons. The second-order valence-corrected chi connectivity index (χ2v) is 12.3. The van der Waals surface area contributed by atoms with Crippen LogP contribution in [0.4, 0.5) is 17.1 Å². The minimum Gasteiger partial charge on any atom is -0.309 e. The first-order valence-electron chi connectivity index (χ1n) is 15.3. The van der Waals surface area contributed by atoms with E-state index < -0.39 is 10.8 Å². The van der Waals surface area contributed by atoms with E-state index in [1.54, 1.807) is 0 Å². The van der Waals surface area contributed by atoms with Crippen LogP contribution in [-0.2, 0) is 10.8 Å². The van der Waals surface area contributed by atoms with E-state index in [-0.39, 0.29) is 0 Å². The summed E-state index contributed by atoms with van der Waals surface area (Å²) in [6, 6.07) is 33.7. The first kappa shape index (κ1) is 23.5. The zero-order valence-corrected chi connectivity index (χ0v) is 24.0. The van der Waals surface area contributed by atoms with Gasteiger partial charge in [0.25, 0.3) is 0 Å². The van der Waals surface area contributed by atoms with E-state index in [9.17, 15) is 0 Å².